The van der Waals surface area contributed by atoms with E-state index in [0.717, 1.165) is 16.8 Å². The van der Waals surface area contributed by atoms with Gasteiger partial charge in [0.25, 0.3) is 0 Å². The summed E-state index contributed by atoms with van der Waals surface area (Å²) in [6, 6.07) is 15.1. The monoisotopic (exact) mass is 281 g/mol. The van der Waals surface area contributed by atoms with Gasteiger partial charge in [0.2, 0.25) is 0 Å². The molecule has 0 fully saturated rings. The summed E-state index contributed by atoms with van der Waals surface area (Å²) < 4.78 is 29.2. The summed E-state index contributed by atoms with van der Waals surface area (Å²) in [7, 11) is -2.42. The Labute approximate surface area is 111 Å². The molecule has 5 heteroatoms. The molecular formula is C13H12FNOS2. The molecule has 0 aliphatic rings. The summed E-state index contributed by atoms with van der Waals surface area (Å²) in [4.78, 5) is 1.46. The molecule has 2 nitrogen and oxygen atoms in total. The van der Waals surface area contributed by atoms with E-state index in [1.165, 1.54) is 12.1 Å². The Morgan fingerprint density at radius 1 is 1.06 bits per heavy atom. The van der Waals surface area contributed by atoms with Crippen molar-refractivity contribution in [2.45, 2.75) is 9.79 Å². The molecule has 1 atom stereocenters. The molecule has 0 aliphatic heterocycles. The van der Waals surface area contributed by atoms with E-state index >= 15 is 0 Å². The van der Waals surface area contributed by atoms with E-state index in [4.69, 9.17) is 0 Å². The first-order chi connectivity index (χ1) is 8.58. The van der Waals surface area contributed by atoms with Gasteiger partial charge in [-0.05, 0) is 36.4 Å². The molecule has 2 aromatic carbocycles. The van der Waals surface area contributed by atoms with Crippen LogP contribution in [0.2, 0.25) is 0 Å². The highest BCUT2D eigenvalue weighted by Crippen LogP contribution is 2.23. The van der Waals surface area contributed by atoms with Crippen molar-refractivity contribution in [3.8, 4) is 0 Å². The fraction of sp³-hybridized carbons (Fsp3) is 0.0769. The number of rotatable bonds is 3. The van der Waals surface area contributed by atoms with Gasteiger partial charge >= 0.3 is 0 Å². The van der Waals surface area contributed by atoms with Crippen LogP contribution in [0.15, 0.2) is 68.2 Å². The summed E-state index contributed by atoms with van der Waals surface area (Å²) in [6.45, 7) is 0. The predicted octanol–water partition coefficient (Wildman–Crippen LogP) is 3.99. The van der Waals surface area contributed by atoms with E-state index < -0.39 is 9.73 Å². The maximum atomic E-state index is 12.7. The molecule has 94 valence electrons. The normalized spacial score (nSPS) is 13.9. The molecule has 1 unspecified atom stereocenters. The lowest BCUT2D eigenvalue weighted by atomic mass is 10.4. The van der Waals surface area contributed by atoms with Crippen LogP contribution >= 0.6 is 11.9 Å². The summed E-state index contributed by atoms with van der Waals surface area (Å²) >= 11 is 1.11. The zero-order chi connectivity index (χ0) is 13.0. The number of halogens is 1. The Kier molecular flexibility index (Phi) is 4.04. The zero-order valence-corrected chi connectivity index (χ0v) is 11.4. The van der Waals surface area contributed by atoms with Crippen molar-refractivity contribution in [3.63, 3.8) is 0 Å². The lowest BCUT2D eigenvalue weighted by Gasteiger charge is -2.03. The number of hydrogen-bond donors (Lipinski definition) is 0. The molecule has 0 spiro atoms. The predicted molar refractivity (Wildman–Crippen MR) is 73.5 cm³/mol. The topological polar surface area (TPSA) is 29.4 Å². The summed E-state index contributed by atoms with van der Waals surface area (Å²) in [5.74, 6) is -0.292. The van der Waals surface area contributed by atoms with Crippen LogP contribution in [-0.2, 0) is 9.73 Å². The molecule has 0 aromatic heterocycles. The van der Waals surface area contributed by atoms with Gasteiger partial charge in [-0.25, -0.2) is 8.60 Å². The molecule has 0 radical (unpaired) electrons. The van der Waals surface area contributed by atoms with Crippen LogP contribution < -0.4 is 0 Å². The van der Waals surface area contributed by atoms with Crippen LogP contribution in [0.5, 0.6) is 0 Å². The number of hydrogen-bond acceptors (Lipinski definition) is 3. The Morgan fingerprint density at radius 3 is 2.28 bits per heavy atom. The third-order valence-electron chi connectivity index (χ3n) is 2.28. The summed E-state index contributed by atoms with van der Waals surface area (Å²) in [5.41, 5.74) is 0. The van der Waals surface area contributed by atoms with Gasteiger partial charge in [-0.15, -0.1) is 0 Å². The van der Waals surface area contributed by atoms with Gasteiger partial charge < -0.3 is 0 Å². The van der Waals surface area contributed by atoms with Crippen LogP contribution in [0.3, 0.4) is 0 Å². The highest BCUT2D eigenvalue weighted by atomic mass is 32.2. The zero-order valence-electron chi connectivity index (χ0n) is 9.75. The number of benzene rings is 2. The van der Waals surface area contributed by atoms with Crippen molar-refractivity contribution in [2.24, 2.45) is 3.77 Å². The first-order valence-corrected chi connectivity index (χ1v) is 7.97. The molecular weight excluding hydrogens is 269 g/mol. The van der Waals surface area contributed by atoms with Crippen LogP contribution in [0, 0.1) is 5.82 Å². The maximum absolute atomic E-state index is 12.7. The lowest BCUT2D eigenvalue weighted by Crippen LogP contribution is -1.95. The van der Waals surface area contributed by atoms with Crippen LogP contribution in [0.1, 0.15) is 0 Å². The van der Waals surface area contributed by atoms with E-state index in [2.05, 4.69) is 3.77 Å². The Bertz CT molecular complexity index is 632. The minimum atomic E-state index is -2.42. The molecule has 0 heterocycles. The average Bonchev–Trinajstić information content (AvgIpc) is 2.39. The molecule has 0 bridgehead atoms. The van der Waals surface area contributed by atoms with Crippen molar-refractivity contribution in [2.75, 3.05) is 6.26 Å². The molecule has 2 aromatic rings. The van der Waals surface area contributed by atoms with Gasteiger partial charge in [-0.1, -0.05) is 18.2 Å². The average molecular weight is 281 g/mol. The second-order valence-electron chi connectivity index (χ2n) is 3.74. The largest absolute Gasteiger partial charge is 0.244 e. The third kappa shape index (κ3) is 3.34. The lowest BCUT2D eigenvalue weighted by molar-refractivity contribution is 0.626. The first kappa shape index (κ1) is 13.1. The van der Waals surface area contributed by atoms with Crippen LogP contribution in [-0.4, -0.2) is 10.5 Å². The fourth-order valence-electron chi connectivity index (χ4n) is 1.33. The second kappa shape index (κ2) is 5.54. The highest BCUT2D eigenvalue weighted by Gasteiger charge is 2.05. The number of nitrogens with zero attached hydrogens (tertiary/aromatic N) is 1. The van der Waals surface area contributed by atoms with E-state index in [1.54, 1.807) is 30.5 Å². The van der Waals surface area contributed by atoms with Gasteiger partial charge in [0.1, 0.15) is 5.82 Å². The van der Waals surface area contributed by atoms with Gasteiger partial charge in [0.05, 0.1) is 9.73 Å². The minimum Gasteiger partial charge on any atom is -0.244 e. The Balaban J connectivity index is 2.23. The first-order valence-electron chi connectivity index (χ1n) is 5.27. The smallest absolute Gasteiger partial charge is 0.123 e. The standard InChI is InChI=1S/C13H12FNOS2/c1-18(16,13-5-3-2-4-6-13)15-17-12-9-7-11(14)8-10-12/h2-10H,1H3. The summed E-state index contributed by atoms with van der Waals surface area (Å²) in [6.07, 6.45) is 1.60. The van der Waals surface area contributed by atoms with Gasteiger partial charge in [-0.3, -0.25) is 0 Å². The van der Waals surface area contributed by atoms with Crippen molar-refractivity contribution in [3.05, 3.63) is 60.4 Å². The molecule has 0 saturated heterocycles. The highest BCUT2D eigenvalue weighted by molar-refractivity contribution is 8.07. The van der Waals surface area contributed by atoms with E-state index in [-0.39, 0.29) is 5.82 Å². The molecule has 0 aliphatic carbocycles. The molecule has 0 saturated carbocycles. The van der Waals surface area contributed by atoms with E-state index in [9.17, 15) is 8.60 Å². The molecule has 0 amide bonds. The van der Waals surface area contributed by atoms with Crippen molar-refractivity contribution in [1.82, 2.24) is 0 Å². The van der Waals surface area contributed by atoms with Crippen molar-refractivity contribution in [1.29, 1.82) is 0 Å². The second-order valence-corrected chi connectivity index (χ2v) is 7.06. The van der Waals surface area contributed by atoms with Crippen molar-refractivity contribution >= 4 is 21.7 Å². The van der Waals surface area contributed by atoms with Gasteiger partial charge in [0.15, 0.2) is 0 Å². The van der Waals surface area contributed by atoms with E-state index in [0.29, 0.717) is 4.90 Å². The SMILES string of the molecule is CS(=O)(=NSc1ccc(F)cc1)c1ccccc1. The van der Waals surface area contributed by atoms with Gasteiger partial charge in [0, 0.05) is 28.0 Å². The quantitative estimate of drug-likeness (QED) is 0.796. The van der Waals surface area contributed by atoms with Crippen LogP contribution in [0.25, 0.3) is 0 Å². The molecule has 0 N–H and O–H groups in total. The third-order valence-corrected chi connectivity index (χ3v) is 5.34. The Morgan fingerprint density at radius 2 is 1.67 bits per heavy atom. The summed E-state index contributed by atoms with van der Waals surface area (Å²) in [5, 5.41) is 0. The van der Waals surface area contributed by atoms with Gasteiger partial charge in [-0.2, -0.15) is 3.77 Å². The van der Waals surface area contributed by atoms with E-state index in [1.807, 2.05) is 18.2 Å². The maximum Gasteiger partial charge on any atom is 0.123 e. The fourth-order valence-corrected chi connectivity index (χ4v) is 3.50. The Hall–Kier alpha value is -1.33. The molecule has 18 heavy (non-hydrogen) atoms. The van der Waals surface area contributed by atoms with Crippen LogP contribution in [0.4, 0.5) is 4.39 Å². The molecule has 2 rings (SSSR count). The van der Waals surface area contributed by atoms with Crippen molar-refractivity contribution < 1.29 is 8.60 Å². The minimum absolute atomic E-state index is 0.292.